The highest BCUT2D eigenvalue weighted by Crippen LogP contribution is 2.36. The van der Waals surface area contributed by atoms with E-state index < -0.39 is 0 Å². The van der Waals surface area contributed by atoms with E-state index in [0.29, 0.717) is 0 Å². The Morgan fingerprint density at radius 3 is 2.91 bits per heavy atom. The molecule has 1 aromatic carbocycles. The Bertz CT molecular complexity index is 508. The standard InChI is InChI=1S/C17H25N3OS.ClH/c21-17(19-7-3-10-20-11-8-18-9-12-20)16-15-5-2-1-4-14(15)6-13-22-16;/h1-2,4-5,16,18H,3,6-13H2,(H,19,21);1H. The van der Waals surface area contributed by atoms with Crippen LogP contribution in [0.2, 0.25) is 0 Å². The van der Waals surface area contributed by atoms with Crippen molar-refractivity contribution in [3.63, 3.8) is 0 Å². The molecule has 0 bridgehead atoms. The molecule has 1 saturated heterocycles. The number of piperazine rings is 1. The highest BCUT2D eigenvalue weighted by atomic mass is 35.5. The van der Waals surface area contributed by atoms with Gasteiger partial charge in [-0.3, -0.25) is 4.79 Å². The van der Waals surface area contributed by atoms with Crippen LogP contribution in [0, 0.1) is 0 Å². The van der Waals surface area contributed by atoms with Gasteiger partial charge in [0.25, 0.3) is 0 Å². The molecule has 2 N–H and O–H groups in total. The first kappa shape index (κ1) is 18.6. The number of thioether (sulfide) groups is 1. The van der Waals surface area contributed by atoms with Gasteiger partial charge in [-0.05, 0) is 36.3 Å². The van der Waals surface area contributed by atoms with Crippen LogP contribution in [0.5, 0.6) is 0 Å². The minimum absolute atomic E-state index is 0. The Labute approximate surface area is 149 Å². The first-order valence-corrected chi connectivity index (χ1v) is 9.29. The van der Waals surface area contributed by atoms with E-state index in [1.165, 1.54) is 11.1 Å². The average molecular weight is 356 g/mol. The second-order valence-electron chi connectivity index (χ2n) is 5.94. The summed E-state index contributed by atoms with van der Waals surface area (Å²) in [7, 11) is 0. The monoisotopic (exact) mass is 355 g/mol. The third-order valence-corrected chi connectivity index (χ3v) is 5.63. The summed E-state index contributed by atoms with van der Waals surface area (Å²) < 4.78 is 0. The number of benzene rings is 1. The summed E-state index contributed by atoms with van der Waals surface area (Å²) in [5, 5.41) is 6.47. The predicted molar refractivity (Wildman–Crippen MR) is 99.5 cm³/mol. The van der Waals surface area contributed by atoms with E-state index in [2.05, 4.69) is 33.7 Å². The summed E-state index contributed by atoms with van der Waals surface area (Å²) in [4.78, 5) is 14.9. The number of aryl methyl sites for hydroxylation is 1. The van der Waals surface area contributed by atoms with Gasteiger partial charge in [-0.1, -0.05) is 24.3 Å². The van der Waals surface area contributed by atoms with Gasteiger partial charge in [0.1, 0.15) is 5.25 Å². The molecule has 1 atom stereocenters. The maximum Gasteiger partial charge on any atom is 0.237 e. The summed E-state index contributed by atoms with van der Waals surface area (Å²) >= 11 is 1.77. The molecule has 128 valence electrons. The summed E-state index contributed by atoms with van der Waals surface area (Å²) in [5.41, 5.74) is 2.54. The Morgan fingerprint density at radius 1 is 1.30 bits per heavy atom. The molecule has 0 saturated carbocycles. The molecule has 2 aliphatic rings. The number of nitrogens with zero attached hydrogens (tertiary/aromatic N) is 1. The number of hydrogen-bond donors (Lipinski definition) is 2. The van der Waals surface area contributed by atoms with E-state index in [9.17, 15) is 4.79 Å². The molecule has 1 unspecified atom stereocenters. The van der Waals surface area contributed by atoms with Crippen LogP contribution >= 0.6 is 24.2 Å². The van der Waals surface area contributed by atoms with E-state index >= 15 is 0 Å². The SMILES string of the molecule is Cl.O=C(NCCCN1CCNCC1)C1SCCc2ccccc21. The van der Waals surface area contributed by atoms with Crippen molar-refractivity contribution in [2.75, 3.05) is 45.0 Å². The van der Waals surface area contributed by atoms with Gasteiger partial charge in [-0.15, -0.1) is 24.2 Å². The van der Waals surface area contributed by atoms with Crippen molar-refractivity contribution in [2.24, 2.45) is 0 Å². The minimum atomic E-state index is -0.0239. The molecule has 2 aliphatic heterocycles. The van der Waals surface area contributed by atoms with E-state index in [-0.39, 0.29) is 23.6 Å². The first-order chi connectivity index (χ1) is 10.8. The van der Waals surface area contributed by atoms with E-state index in [0.717, 1.165) is 57.9 Å². The number of rotatable bonds is 5. The fraction of sp³-hybridized carbons (Fsp3) is 0.588. The quantitative estimate of drug-likeness (QED) is 0.791. The van der Waals surface area contributed by atoms with Crippen molar-refractivity contribution >= 4 is 30.1 Å². The highest BCUT2D eigenvalue weighted by molar-refractivity contribution is 8.00. The molecule has 1 aromatic rings. The highest BCUT2D eigenvalue weighted by Gasteiger charge is 2.26. The molecule has 0 aliphatic carbocycles. The third-order valence-electron chi connectivity index (χ3n) is 4.39. The summed E-state index contributed by atoms with van der Waals surface area (Å²) in [6.45, 7) is 6.28. The summed E-state index contributed by atoms with van der Waals surface area (Å²) in [6.07, 6.45) is 2.11. The van der Waals surface area contributed by atoms with Crippen molar-refractivity contribution in [3.8, 4) is 0 Å². The molecule has 0 aromatic heterocycles. The Kier molecular flexibility index (Phi) is 7.70. The predicted octanol–water partition coefficient (Wildman–Crippen LogP) is 1.85. The van der Waals surface area contributed by atoms with E-state index in [1.807, 2.05) is 6.07 Å². The van der Waals surface area contributed by atoms with Crippen molar-refractivity contribution in [1.82, 2.24) is 15.5 Å². The zero-order valence-electron chi connectivity index (χ0n) is 13.4. The lowest BCUT2D eigenvalue weighted by Gasteiger charge is -2.27. The van der Waals surface area contributed by atoms with Crippen molar-refractivity contribution in [3.05, 3.63) is 35.4 Å². The van der Waals surface area contributed by atoms with Crippen LogP contribution < -0.4 is 10.6 Å². The molecule has 2 heterocycles. The fourth-order valence-electron chi connectivity index (χ4n) is 3.15. The fourth-order valence-corrected chi connectivity index (χ4v) is 4.37. The number of carbonyl (C=O) groups excluding carboxylic acids is 1. The number of fused-ring (bicyclic) bond motifs is 1. The molecule has 1 amide bonds. The van der Waals surface area contributed by atoms with Crippen LogP contribution in [-0.4, -0.2) is 55.8 Å². The van der Waals surface area contributed by atoms with Gasteiger partial charge in [0.05, 0.1) is 0 Å². The molecular formula is C17H26ClN3OS. The van der Waals surface area contributed by atoms with Crippen LogP contribution in [0.25, 0.3) is 0 Å². The number of nitrogens with one attached hydrogen (secondary N) is 2. The van der Waals surface area contributed by atoms with Gasteiger partial charge in [-0.2, -0.15) is 0 Å². The number of hydrogen-bond acceptors (Lipinski definition) is 4. The lowest BCUT2D eigenvalue weighted by atomic mass is 10.0. The van der Waals surface area contributed by atoms with Crippen molar-refractivity contribution in [1.29, 1.82) is 0 Å². The number of amides is 1. The number of carbonyl (C=O) groups is 1. The lowest BCUT2D eigenvalue weighted by molar-refractivity contribution is -0.120. The van der Waals surface area contributed by atoms with Crippen LogP contribution in [0.4, 0.5) is 0 Å². The second kappa shape index (κ2) is 9.52. The normalized spacial score (nSPS) is 21.1. The number of halogens is 1. The smallest absolute Gasteiger partial charge is 0.237 e. The van der Waals surface area contributed by atoms with E-state index in [4.69, 9.17) is 0 Å². The van der Waals surface area contributed by atoms with Gasteiger partial charge in [0.2, 0.25) is 5.91 Å². The molecule has 0 spiro atoms. The van der Waals surface area contributed by atoms with Gasteiger partial charge in [0.15, 0.2) is 0 Å². The third kappa shape index (κ3) is 5.11. The van der Waals surface area contributed by atoms with Gasteiger partial charge >= 0.3 is 0 Å². The molecule has 6 heteroatoms. The minimum Gasteiger partial charge on any atom is -0.355 e. The summed E-state index contributed by atoms with van der Waals surface area (Å²) in [6, 6.07) is 8.36. The summed E-state index contributed by atoms with van der Waals surface area (Å²) in [5.74, 6) is 1.22. The molecule has 3 rings (SSSR count). The van der Waals surface area contributed by atoms with Crippen LogP contribution in [0.15, 0.2) is 24.3 Å². The van der Waals surface area contributed by atoms with Crippen molar-refractivity contribution < 1.29 is 4.79 Å². The molecule has 1 fully saturated rings. The molecule has 4 nitrogen and oxygen atoms in total. The Morgan fingerprint density at radius 2 is 2.09 bits per heavy atom. The maximum absolute atomic E-state index is 12.5. The van der Waals surface area contributed by atoms with Crippen LogP contribution in [0.3, 0.4) is 0 Å². The lowest BCUT2D eigenvalue weighted by Crippen LogP contribution is -2.44. The Balaban J connectivity index is 0.00000192. The molecular weight excluding hydrogens is 330 g/mol. The zero-order chi connectivity index (χ0) is 15.2. The van der Waals surface area contributed by atoms with Crippen LogP contribution in [-0.2, 0) is 11.2 Å². The maximum atomic E-state index is 12.5. The van der Waals surface area contributed by atoms with E-state index in [1.54, 1.807) is 11.8 Å². The molecule has 23 heavy (non-hydrogen) atoms. The van der Waals surface area contributed by atoms with Gasteiger partial charge < -0.3 is 15.5 Å². The first-order valence-electron chi connectivity index (χ1n) is 8.25. The van der Waals surface area contributed by atoms with Crippen LogP contribution in [0.1, 0.15) is 22.8 Å². The average Bonchev–Trinajstić information content (AvgIpc) is 2.59. The van der Waals surface area contributed by atoms with Crippen molar-refractivity contribution in [2.45, 2.75) is 18.1 Å². The topological polar surface area (TPSA) is 44.4 Å². The zero-order valence-corrected chi connectivity index (χ0v) is 15.1. The second-order valence-corrected chi connectivity index (χ2v) is 7.15. The van der Waals surface area contributed by atoms with Gasteiger partial charge in [-0.25, -0.2) is 0 Å². The Hall–Kier alpha value is -0.750. The molecule has 0 radical (unpaired) electrons. The van der Waals surface area contributed by atoms with Gasteiger partial charge in [0, 0.05) is 32.7 Å². The largest absolute Gasteiger partial charge is 0.355 e.